The van der Waals surface area contributed by atoms with Gasteiger partial charge in [0.15, 0.2) is 0 Å². The highest BCUT2D eigenvalue weighted by atomic mass is 16.5. The first-order valence-corrected chi connectivity index (χ1v) is 11.6. The van der Waals surface area contributed by atoms with Crippen molar-refractivity contribution in [3.05, 3.63) is 87.7 Å². The number of anilines is 2. The average Bonchev–Trinajstić information content (AvgIpc) is 2.84. The number of carbonyl (C=O) groups is 1. The molecule has 0 fully saturated rings. The second-order valence-corrected chi connectivity index (χ2v) is 8.63. The van der Waals surface area contributed by atoms with Crippen molar-refractivity contribution in [2.75, 3.05) is 24.8 Å². The van der Waals surface area contributed by atoms with Crippen LogP contribution in [0.1, 0.15) is 47.6 Å². The Morgan fingerprint density at radius 3 is 2.54 bits per heavy atom. The van der Waals surface area contributed by atoms with Gasteiger partial charge in [0.05, 0.1) is 36.5 Å². The average molecular weight is 474 g/mol. The van der Waals surface area contributed by atoms with Gasteiger partial charge in [-0.3, -0.25) is 0 Å². The lowest BCUT2D eigenvalue weighted by Gasteiger charge is -2.32. The monoisotopic (exact) mass is 473 g/mol. The third-order valence-corrected chi connectivity index (χ3v) is 6.12. The fraction of sp³-hybridized carbons (Fsp3) is 0.286. The lowest BCUT2D eigenvalue weighted by molar-refractivity contribution is -0.140. The van der Waals surface area contributed by atoms with Crippen molar-refractivity contribution in [3.8, 4) is 11.6 Å². The molecule has 3 N–H and O–H groups in total. The van der Waals surface area contributed by atoms with E-state index in [2.05, 4.69) is 10.3 Å². The predicted octanol–water partition coefficient (Wildman–Crippen LogP) is 5.26. The van der Waals surface area contributed by atoms with Crippen LogP contribution in [0.3, 0.4) is 0 Å². The maximum atomic E-state index is 13.6. The van der Waals surface area contributed by atoms with Crippen molar-refractivity contribution in [3.63, 3.8) is 0 Å². The van der Waals surface area contributed by atoms with Gasteiger partial charge in [-0.15, -0.1) is 0 Å². The lowest BCUT2D eigenvalue weighted by Crippen LogP contribution is -2.26. The SMILES string of the molecule is CCOc1ncc(C)c2c1C(c1ccc(N)cc1OC)C(C(=O)OCc1ccc(C)cc1)=C(C)N2. The van der Waals surface area contributed by atoms with E-state index >= 15 is 0 Å². The molecule has 0 saturated carbocycles. The number of benzene rings is 2. The third-order valence-electron chi connectivity index (χ3n) is 6.12. The number of nitrogens with zero attached hydrogens (tertiary/aromatic N) is 1. The Hall–Kier alpha value is -4.00. The molecule has 2 heterocycles. The van der Waals surface area contributed by atoms with Crippen LogP contribution in [0.25, 0.3) is 0 Å². The molecule has 35 heavy (non-hydrogen) atoms. The number of aryl methyl sites for hydroxylation is 2. The molecule has 0 saturated heterocycles. The zero-order valence-corrected chi connectivity index (χ0v) is 20.8. The second-order valence-electron chi connectivity index (χ2n) is 8.63. The Bertz CT molecular complexity index is 1280. The van der Waals surface area contributed by atoms with E-state index in [1.54, 1.807) is 25.4 Å². The largest absolute Gasteiger partial charge is 0.496 e. The molecule has 1 aromatic heterocycles. The van der Waals surface area contributed by atoms with Crippen LogP contribution in [0.2, 0.25) is 0 Å². The first-order valence-electron chi connectivity index (χ1n) is 11.6. The molecule has 0 bridgehead atoms. The molecule has 0 amide bonds. The van der Waals surface area contributed by atoms with Crippen molar-refractivity contribution in [1.29, 1.82) is 0 Å². The number of aromatic nitrogens is 1. The van der Waals surface area contributed by atoms with Gasteiger partial charge in [0, 0.05) is 29.2 Å². The highest BCUT2D eigenvalue weighted by molar-refractivity contribution is 5.95. The summed E-state index contributed by atoms with van der Waals surface area (Å²) in [5.41, 5.74) is 13.2. The summed E-state index contributed by atoms with van der Waals surface area (Å²) in [6, 6.07) is 13.3. The zero-order valence-electron chi connectivity index (χ0n) is 20.8. The highest BCUT2D eigenvalue weighted by Gasteiger charge is 2.38. The van der Waals surface area contributed by atoms with Crippen molar-refractivity contribution in [1.82, 2.24) is 4.98 Å². The number of hydrogen-bond donors (Lipinski definition) is 2. The molecule has 0 spiro atoms. The van der Waals surface area contributed by atoms with Crippen LogP contribution in [0, 0.1) is 13.8 Å². The number of allylic oxidation sites excluding steroid dienone is 1. The number of carbonyl (C=O) groups excluding carboxylic acids is 1. The van der Waals surface area contributed by atoms with Gasteiger partial charge in [-0.2, -0.15) is 0 Å². The Morgan fingerprint density at radius 1 is 1.11 bits per heavy atom. The molecular formula is C28H31N3O4. The van der Waals surface area contributed by atoms with Gasteiger partial charge < -0.3 is 25.3 Å². The first-order chi connectivity index (χ1) is 16.8. The number of esters is 1. The Labute approximate surface area is 205 Å². The standard InChI is InChI=1S/C28H31N3O4/c1-6-34-27-25-24(21-12-11-20(29)13-22(21)33-5)23(18(4)31-26(25)17(3)14-30-27)28(32)35-15-19-9-7-16(2)8-10-19/h7-14,24,31H,6,15,29H2,1-5H3. The predicted molar refractivity (Wildman–Crippen MR) is 137 cm³/mol. The fourth-order valence-electron chi connectivity index (χ4n) is 4.37. The maximum Gasteiger partial charge on any atom is 0.337 e. The molecule has 1 aliphatic rings. The molecule has 182 valence electrons. The number of pyridine rings is 1. The molecule has 0 radical (unpaired) electrons. The third kappa shape index (κ3) is 4.80. The van der Waals surface area contributed by atoms with Gasteiger partial charge in [0.2, 0.25) is 5.88 Å². The Morgan fingerprint density at radius 2 is 1.86 bits per heavy atom. The number of nitrogen functional groups attached to an aromatic ring is 1. The minimum atomic E-state index is -0.527. The van der Waals surface area contributed by atoms with Crippen LogP contribution >= 0.6 is 0 Å². The number of ether oxygens (including phenoxy) is 3. The van der Waals surface area contributed by atoms with Crippen LogP contribution in [-0.2, 0) is 16.1 Å². The van der Waals surface area contributed by atoms with E-state index in [9.17, 15) is 4.79 Å². The van der Waals surface area contributed by atoms with Gasteiger partial charge in [-0.25, -0.2) is 9.78 Å². The van der Waals surface area contributed by atoms with Crippen LogP contribution in [-0.4, -0.2) is 24.7 Å². The maximum absolute atomic E-state index is 13.6. The first kappa shape index (κ1) is 24.1. The van der Waals surface area contributed by atoms with E-state index in [4.69, 9.17) is 19.9 Å². The van der Waals surface area contributed by atoms with Crippen LogP contribution in [0.5, 0.6) is 11.6 Å². The summed E-state index contributed by atoms with van der Waals surface area (Å²) in [6.45, 7) is 8.37. The lowest BCUT2D eigenvalue weighted by atomic mass is 9.80. The molecule has 1 atom stereocenters. The number of nitrogens with one attached hydrogen (secondary N) is 1. The molecule has 1 unspecified atom stereocenters. The summed E-state index contributed by atoms with van der Waals surface area (Å²) in [7, 11) is 1.59. The van der Waals surface area contributed by atoms with Crippen molar-refractivity contribution in [2.24, 2.45) is 0 Å². The molecule has 7 nitrogen and oxygen atoms in total. The molecule has 3 aromatic rings. The number of fused-ring (bicyclic) bond motifs is 1. The van der Waals surface area contributed by atoms with Crippen LogP contribution < -0.4 is 20.5 Å². The van der Waals surface area contributed by atoms with Gasteiger partial charge in [-0.1, -0.05) is 35.9 Å². The second kappa shape index (κ2) is 10.1. The fourth-order valence-corrected chi connectivity index (χ4v) is 4.37. The zero-order chi connectivity index (χ0) is 25.1. The topological polar surface area (TPSA) is 95.7 Å². The molecule has 1 aliphatic heterocycles. The Kier molecular flexibility index (Phi) is 6.96. The van der Waals surface area contributed by atoms with Gasteiger partial charge in [0.1, 0.15) is 12.4 Å². The van der Waals surface area contributed by atoms with E-state index in [-0.39, 0.29) is 6.61 Å². The molecule has 4 rings (SSSR count). The summed E-state index contributed by atoms with van der Waals surface area (Å²) in [5, 5.41) is 3.41. The normalized spacial score (nSPS) is 14.7. The van der Waals surface area contributed by atoms with E-state index in [1.165, 1.54) is 0 Å². The van der Waals surface area contributed by atoms with Gasteiger partial charge in [0.25, 0.3) is 0 Å². The van der Waals surface area contributed by atoms with Gasteiger partial charge >= 0.3 is 5.97 Å². The summed E-state index contributed by atoms with van der Waals surface area (Å²) in [5.74, 6) is 0.0829. The summed E-state index contributed by atoms with van der Waals surface area (Å²) in [6.07, 6.45) is 1.77. The number of nitrogens with two attached hydrogens (primary N) is 1. The minimum Gasteiger partial charge on any atom is -0.496 e. The van der Waals surface area contributed by atoms with Crippen LogP contribution in [0.15, 0.2) is 59.9 Å². The summed E-state index contributed by atoms with van der Waals surface area (Å²) < 4.78 is 17.4. The van der Waals surface area contributed by atoms with Gasteiger partial charge in [-0.05, 0) is 44.9 Å². The number of methoxy groups -OCH3 is 1. The molecule has 0 aliphatic carbocycles. The van der Waals surface area contributed by atoms with E-state index in [1.807, 2.05) is 58.0 Å². The van der Waals surface area contributed by atoms with E-state index < -0.39 is 11.9 Å². The summed E-state index contributed by atoms with van der Waals surface area (Å²) in [4.78, 5) is 18.2. The van der Waals surface area contributed by atoms with Crippen molar-refractivity contribution >= 4 is 17.3 Å². The molecule has 2 aromatic carbocycles. The number of rotatable bonds is 7. The van der Waals surface area contributed by atoms with Crippen molar-refractivity contribution < 1.29 is 19.0 Å². The van der Waals surface area contributed by atoms with E-state index in [0.29, 0.717) is 35.2 Å². The quantitative estimate of drug-likeness (QED) is 0.357. The Balaban J connectivity index is 1.84. The molecule has 7 heteroatoms. The van der Waals surface area contributed by atoms with Crippen LogP contribution in [0.4, 0.5) is 11.4 Å². The molecular weight excluding hydrogens is 442 g/mol. The summed E-state index contributed by atoms with van der Waals surface area (Å²) >= 11 is 0. The highest BCUT2D eigenvalue weighted by Crippen LogP contribution is 2.49. The van der Waals surface area contributed by atoms with Crippen molar-refractivity contribution in [2.45, 2.75) is 40.2 Å². The van der Waals surface area contributed by atoms with E-state index in [0.717, 1.165) is 33.5 Å². The number of hydrogen-bond acceptors (Lipinski definition) is 7. The minimum absolute atomic E-state index is 0.165. The smallest absolute Gasteiger partial charge is 0.337 e.